The summed E-state index contributed by atoms with van der Waals surface area (Å²) in [5.41, 5.74) is 7.22. The molecule has 0 aliphatic carbocycles. The summed E-state index contributed by atoms with van der Waals surface area (Å²) in [6.45, 7) is 8.46. The lowest BCUT2D eigenvalue weighted by molar-refractivity contribution is 0.115. The molecule has 0 amide bonds. The van der Waals surface area contributed by atoms with Gasteiger partial charge in [-0.25, -0.2) is 0 Å². The minimum atomic E-state index is 0. The van der Waals surface area contributed by atoms with Gasteiger partial charge in [0, 0.05) is 37.4 Å². The van der Waals surface area contributed by atoms with Gasteiger partial charge >= 0.3 is 0 Å². The number of aryl methyl sites for hydroxylation is 1. The molecule has 1 saturated heterocycles. The van der Waals surface area contributed by atoms with E-state index in [1.54, 1.807) is 0 Å². The van der Waals surface area contributed by atoms with Gasteiger partial charge in [-0.3, -0.25) is 9.58 Å². The first kappa shape index (κ1) is 16.5. The molecule has 19 heavy (non-hydrogen) atoms. The largest absolute Gasteiger partial charge is 0.329 e. The quantitative estimate of drug-likeness (QED) is 0.903. The molecule has 4 nitrogen and oxygen atoms in total. The minimum absolute atomic E-state index is 0. The van der Waals surface area contributed by atoms with Gasteiger partial charge in [-0.1, -0.05) is 13.8 Å². The van der Waals surface area contributed by atoms with Gasteiger partial charge in [0.15, 0.2) is 0 Å². The topological polar surface area (TPSA) is 47.1 Å². The van der Waals surface area contributed by atoms with Crippen molar-refractivity contribution in [3.8, 4) is 0 Å². The van der Waals surface area contributed by atoms with Gasteiger partial charge in [0.1, 0.15) is 0 Å². The number of hydrogen-bond acceptors (Lipinski definition) is 3. The summed E-state index contributed by atoms with van der Waals surface area (Å²) >= 11 is 0. The van der Waals surface area contributed by atoms with Crippen LogP contribution in [0.1, 0.15) is 38.7 Å². The first-order valence-corrected chi connectivity index (χ1v) is 7.18. The molecule has 1 aromatic heterocycles. The van der Waals surface area contributed by atoms with Crippen molar-refractivity contribution in [3.05, 3.63) is 18.0 Å². The van der Waals surface area contributed by atoms with Crippen LogP contribution in [0.15, 0.2) is 12.4 Å². The third-order valence-electron chi connectivity index (χ3n) is 3.90. The summed E-state index contributed by atoms with van der Waals surface area (Å²) in [5, 5.41) is 4.40. The van der Waals surface area contributed by atoms with Crippen molar-refractivity contribution >= 4 is 12.4 Å². The van der Waals surface area contributed by atoms with Crippen molar-refractivity contribution in [2.45, 2.75) is 52.2 Å². The highest BCUT2D eigenvalue weighted by atomic mass is 35.5. The fraction of sp³-hybridized carbons (Fsp3) is 0.786. The Labute approximate surface area is 122 Å². The van der Waals surface area contributed by atoms with Crippen molar-refractivity contribution in [2.75, 3.05) is 13.1 Å². The van der Waals surface area contributed by atoms with Crippen LogP contribution < -0.4 is 5.73 Å². The Morgan fingerprint density at radius 1 is 1.47 bits per heavy atom. The lowest BCUT2D eigenvalue weighted by Crippen LogP contribution is -2.45. The van der Waals surface area contributed by atoms with Gasteiger partial charge in [-0.2, -0.15) is 5.10 Å². The van der Waals surface area contributed by atoms with Gasteiger partial charge in [0.2, 0.25) is 0 Å². The number of nitrogens with two attached hydrogens (primary N) is 1. The third-order valence-corrected chi connectivity index (χ3v) is 3.90. The number of hydrogen-bond donors (Lipinski definition) is 1. The molecule has 2 rings (SSSR count). The Morgan fingerprint density at radius 2 is 2.26 bits per heavy atom. The second-order valence-electron chi connectivity index (χ2n) is 5.60. The summed E-state index contributed by atoms with van der Waals surface area (Å²) in [4.78, 5) is 2.52. The Bertz CT molecular complexity index is 366. The summed E-state index contributed by atoms with van der Waals surface area (Å²) in [5.74, 6) is 0.817. The van der Waals surface area contributed by atoms with E-state index in [2.05, 4.69) is 30.0 Å². The van der Waals surface area contributed by atoms with Gasteiger partial charge < -0.3 is 5.73 Å². The van der Waals surface area contributed by atoms with Crippen molar-refractivity contribution in [1.29, 1.82) is 0 Å². The van der Waals surface area contributed by atoms with Gasteiger partial charge in [-0.05, 0) is 31.7 Å². The van der Waals surface area contributed by atoms with E-state index >= 15 is 0 Å². The first-order valence-electron chi connectivity index (χ1n) is 7.18. The van der Waals surface area contributed by atoms with Crippen LogP contribution >= 0.6 is 12.4 Å². The fourth-order valence-electron chi connectivity index (χ4n) is 2.83. The molecule has 1 aromatic rings. The number of aromatic nitrogens is 2. The zero-order valence-electron chi connectivity index (χ0n) is 12.1. The normalized spacial score (nSPS) is 24.2. The zero-order valence-corrected chi connectivity index (χ0v) is 12.9. The maximum absolute atomic E-state index is 5.90. The maximum Gasteiger partial charge on any atom is 0.0534 e. The molecule has 0 aromatic carbocycles. The number of rotatable bonds is 5. The lowest BCUT2D eigenvalue weighted by Gasteiger charge is -2.37. The molecule has 0 spiro atoms. The van der Waals surface area contributed by atoms with Crippen molar-refractivity contribution < 1.29 is 0 Å². The molecule has 1 fully saturated rings. The van der Waals surface area contributed by atoms with E-state index in [1.807, 2.05) is 10.9 Å². The zero-order chi connectivity index (χ0) is 13.0. The van der Waals surface area contributed by atoms with E-state index in [4.69, 9.17) is 5.73 Å². The number of piperidine rings is 1. The fourth-order valence-corrected chi connectivity index (χ4v) is 2.83. The standard InChI is InChI=1S/C14H26N4.ClH/c1-3-5-18-11-13(9-16-18)10-17-6-4-12(2)7-14(17)8-15;/h9,11-12,14H,3-8,10,15H2,1-2H3;1H. The number of nitrogens with zero attached hydrogens (tertiary/aromatic N) is 3. The SMILES string of the molecule is CCCn1cc(CN2CCC(C)CC2CN)cn1.Cl. The molecule has 5 heteroatoms. The summed E-state index contributed by atoms with van der Waals surface area (Å²) in [6, 6.07) is 0.545. The van der Waals surface area contributed by atoms with Crippen molar-refractivity contribution in [3.63, 3.8) is 0 Å². The van der Waals surface area contributed by atoms with Gasteiger partial charge in [0.05, 0.1) is 6.20 Å². The third kappa shape index (κ3) is 4.48. The Morgan fingerprint density at radius 3 is 2.95 bits per heavy atom. The van der Waals surface area contributed by atoms with E-state index < -0.39 is 0 Å². The van der Waals surface area contributed by atoms with Gasteiger partial charge in [-0.15, -0.1) is 12.4 Å². The molecule has 2 N–H and O–H groups in total. The summed E-state index contributed by atoms with van der Waals surface area (Å²) in [7, 11) is 0. The van der Waals surface area contributed by atoms with Crippen LogP contribution in [0.4, 0.5) is 0 Å². The second kappa shape index (κ2) is 7.88. The second-order valence-corrected chi connectivity index (χ2v) is 5.60. The van der Waals surface area contributed by atoms with Crippen LogP contribution in [-0.2, 0) is 13.1 Å². The lowest BCUT2D eigenvalue weighted by atomic mass is 9.92. The highest BCUT2D eigenvalue weighted by molar-refractivity contribution is 5.85. The molecule has 0 bridgehead atoms. The molecule has 1 aliphatic heterocycles. The van der Waals surface area contributed by atoms with Crippen molar-refractivity contribution in [2.24, 2.45) is 11.7 Å². The molecule has 0 radical (unpaired) electrons. The summed E-state index contributed by atoms with van der Waals surface area (Å²) in [6.07, 6.45) is 7.84. The Kier molecular flexibility index (Phi) is 6.83. The number of likely N-dealkylation sites (tertiary alicyclic amines) is 1. The van der Waals surface area contributed by atoms with Crippen LogP contribution in [0.5, 0.6) is 0 Å². The van der Waals surface area contributed by atoms with Crippen LogP contribution in [0.2, 0.25) is 0 Å². The average Bonchev–Trinajstić information content (AvgIpc) is 2.79. The highest BCUT2D eigenvalue weighted by Crippen LogP contribution is 2.23. The predicted molar refractivity (Wildman–Crippen MR) is 81.4 cm³/mol. The minimum Gasteiger partial charge on any atom is -0.329 e. The molecular formula is C14H27ClN4. The Hall–Kier alpha value is -0.580. The molecule has 2 unspecified atom stereocenters. The van der Waals surface area contributed by atoms with E-state index in [9.17, 15) is 0 Å². The maximum atomic E-state index is 5.90. The van der Waals surface area contributed by atoms with E-state index in [1.165, 1.54) is 24.9 Å². The van der Waals surface area contributed by atoms with E-state index in [-0.39, 0.29) is 12.4 Å². The molecule has 1 aliphatic rings. The first-order chi connectivity index (χ1) is 8.72. The molecule has 2 atom stereocenters. The van der Waals surface area contributed by atoms with Gasteiger partial charge in [0.25, 0.3) is 0 Å². The monoisotopic (exact) mass is 286 g/mol. The van der Waals surface area contributed by atoms with Crippen LogP contribution in [-0.4, -0.2) is 33.8 Å². The highest BCUT2D eigenvalue weighted by Gasteiger charge is 2.25. The summed E-state index contributed by atoms with van der Waals surface area (Å²) < 4.78 is 2.04. The van der Waals surface area contributed by atoms with E-state index in [0.29, 0.717) is 6.04 Å². The predicted octanol–water partition coefficient (Wildman–Crippen LogP) is 2.27. The molecule has 2 heterocycles. The molecule has 0 saturated carbocycles. The number of halogens is 1. The molecular weight excluding hydrogens is 260 g/mol. The van der Waals surface area contributed by atoms with E-state index in [0.717, 1.165) is 32.0 Å². The smallest absolute Gasteiger partial charge is 0.0534 e. The van der Waals surface area contributed by atoms with Crippen LogP contribution in [0.25, 0.3) is 0 Å². The van der Waals surface area contributed by atoms with Crippen molar-refractivity contribution in [1.82, 2.24) is 14.7 Å². The Balaban J connectivity index is 0.00000180. The average molecular weight is 287 g/mol. The molecule has 110 valence electrons. The van der Waals surface area contributed by atoms with Crippen LogP contribution in [0, 0.1) is 5.92 Å². The van der Waals surface area contributed by atoms with Crippen LogP contribution in [0.3, 0.4) is 0 Å².